The molecule has 2 N–H and O–H groups in total. The molecular weight excluding hydrogens is 440 g/mol. The third kappa shape index (κ3) is 16.1. The minimum atomic E-state index is -1.22. The van der Waals surface area contributed by atoms with Crippen LogP contribution in [0.3, 0.4) is 0 Å². The monoisotopic (exact) mass is 480 g/mol. The van der Waals surface area contributed by atoms with Crippen molar-refractivity contribution in [3.05, 3.63) is 90.1 Å². The minimum Gasteiger partial charge on any atom is -0.507 e. The number of aromatic carboxylic acids is 1. The van der Waals surface area contributed by atoms with E-state index in [2.05, 4.69) is 67.7 Å². The molecule has 5 nitrogen and oxygen atoms in total. The topological polar surface area (TPSA) is 83.8 Å². The van der Waals surface area contributed by atoms with Gasteiger partial charge in [0.05, 0.1) is 0 Å². The fourth-order valence-corrected chi connectivity index (χ4v) is 3.16. The Morgan fingerprint density at radius 3 is 1.97 bits per heavy atom. The van der Waals surface area contributed by atoms with Crippen LogP contribution in [-0.2, 0) is 16.0 Å². The van der Waals surface area contributed by atoms with Crippen molar-refractivity contribution in [1.82, 2.24) is 0 Å². The first-order chi connectivity index (χ1) is 17.0. The van der Waals surface area contributed by atoms with Crippen LogP contribution in [0.25, 0.3) is 0 Å². The van der Waals surface area contributed by atoms with Crippen LogP contribution in [0.2, 0.25) is 0 Å². The number of benzene rings is 1. The zero-order valence-electron chi connectivity index (χ0n) is 20.9. The molecule has 0 atom stereocenters. The predicted molar refractivity (Wildman–Crippen MR) is 143 cm³/mol. The largest absolute Gasteiger partial charge is 0.507 e. The summed E-state index contributed by atoms with van der Waals surface area (Å²) in [6.45, 7) is 2.67. The summed E-state index contributed by atoms with van der Waals surface area (Å²) in [7, 11) is 0. The van der Waals surface area contributed by atoms with E-state index in [0.717, 1.165) is 51.4 Å². The summed E-state index contributed by atoms with van der Waals surface area (Å²) in [5.74, 6) is -1.65. The normalized spacial score (nSPS) is 12.3. The fraction of sp³-hybridized carbons (Fsp3) is 0.400. The highest BCUT2D eigenvalue weighted by molar-refractivity contribution is 5.91. The molecule has 0 aliphatic carbocycles. The maximum absolute atomic E-state index is 12.0. The number of carboxylic acid groups (broad SMARTS) is 1. The van der Waals surface area contributed by atoms with E-state index in [-0.39, 0.29) is 30.1 Å². The maximum Gasteiger partial charge on any atom is 0.339 e. The molecule has 0 bridgehead atoms. The number of ketones is 1. The molecule has 35 heavy (non-hydrogen) atoms. The smallest absolute Gasteiger partial charge is 0.339 e. The summed E-state index contributed by atoms with van der Waals surface area (Å²) in [5, 5.41) is 18.5. The number of Topliss-reactive ketones (excluding diaryl/α,β-unsaturated/α-hetero) is 1. The Bertz CT molecular complexity index is 890. The zero-order valence-corrected chi connectivity index (χ0v) is 20.9. The van der Waals surface area contributed by atoms with Gasteiger partial charge in [0.25, 0.3) is 0 Å². The first kappa shape index (κ1) is 29.9. The van der Waals surface area contributed by atoms with Gasteiger partial charge in [-0.15, -0.1) is 0 Å². The number of ether oxygens (including phenoxy) is 1. The summed E-state index contributed by atoms with van der Waals surface area (Å²) in [4.78, 5) is 23.1. The van der Waals surface area contributed by atoms with Gasteiger partial charge in [-0.3, -0.25) is 4.79 Å². The van der Waals surface area contributed by atoms with E-state index in [4.69, 9.17) is 9.84 Å². The van der Waals surface area contributed by atoms with Gasteiger partial charge in [-0.2, -0.15) is 0 Å². The zero-order chi connectivity index (χ0) is 25.6. The van der Waals surface area contributed by atoms with Crippen molar-refractivity contribution in [2.24, 2.45) is 0 Å². The number of allylic oxidation sites excluding steroid dienone is 10. The fourth-order valence-electron chi connectivity index (χ4n) is 3.16. The van der Waals surface area contributed by atoms with E-state index in [1.807, 2.05) is 0 Å². The average molecular weight is 481 g/mol. The van der Waals surface area contributed by atoms with Gasteiger partial charge in [-0.25, -0.2) is 4.79 Å². The van der Waals surface area contributed by atoms with Gasteiger partial charge in [-0.05, 0) is 69.1 Å². The van der Waals surface area contributed by atoms with Crippen LogP contribution in [0, 0.1) is 0 Å². The number of carbonyl (C=O) groups excluding carboxylic acids is 1. The Balaban J connectivity index is 2.01. The van der Waals surface area contributed by atoms with E-state index < -0.39 is 5.97 Å². The average Bonchev–Trinajstić information content (AvgIpc) is 2.83. The van der Waals surface area contributed by atoms with E-state index in [9.17, 15) is 14.7 Å². The highest BCUT2D eigenvalue weighted by Gasteiger charge is 2.12. The molecular formula is C30H40O5. The van der Waals surface area contributed by atoms with Crippen LogP contribution in [0.5, 0.6) is 5.75 Å². The summed E-state index contributed by atoms with van der Waals surface area (Å²) in [6.07, 6.45) is 29.8. The van der Waals surface area contributed by atoms with Gasteiger partial charge >= 0.3 is 5.97 Å². The molecule has 1 rings (SSSR count). The second-order valence-electron chi connectivity index (χ2n) is 8.13. The lowest BCUT2D eigenvalue weighted by Gasteiger charge is -2.05. The van der Waals surface area contributed by atoms with Crippen molar-refractivity contribution >= 4 is 11.8 Å². The van der Waals surface area contributed by atoms with Crippen LogP contribution >= 0.6 is 0 Å². The van der Waals surface area contributed by atoms with Gasteiger partial charge in [-0.1, -0.05) is 73.8 Å². The van der Waals surface area contributed by atoms with Crippen LogP contribution in [0.15, 0.2) is 79.0 Å². The Morgan fingerprint density at radius 2 is 1.40 bits per heavy atom. The number of carboxylic acids is 1. The lowest BCUT2D eigenvalue weighted by molar-refractivity contribution is -0.122. The number of rotatable bonds is 19. The van der Waals surface area contributed by atoms with Gasteiger partial charge in [0, 0.05) is 13.0 Å². The molecule has 0 saturated heterocycles. The SMILES string of the molecule is CC/C=C\C/C=C\C/C=C\C/C=C\C/C=C\CCCCOCC(=O)Cc1ccc(O)c(C(=O)O)c1. The van der Waals surface area contributed by atoms with Crippen LogP contribution in [0.4, 0.5) is 0 Å². The number of hydrogen-bond acceptors (Lipinski definition) is 4. The number of phenols is 1. The summed E-state index contributed by atoms with van der Waals surface area (Å²) >= 11 is 0. The Labute approximate surface area is 210 Å². The van der Waals surface area contributed by atoms with Crippen molar-refractivity contribution in [3.63, 3.8) is 0 Å². The predicted octanol–water partition coefficient (Wildman–Crippen LogP) is 7.14. The second-order valence-corrected chi connectivity index (χ2v) is 8.13. The third-order valence-electron chi connectivity index (χ3n) is 5.02. The van der Waals surface area contributed by atoms with E-state index >= 15 is 0 Å². The molecule has 0 fully saturated rings. The molecule has 0 aromatic heterocycles. The molecule has 0 unspecified atom stereocenters. The van der Waals surface area contributed by atoms with Crippen molar-refractivity contribution in [3.8, 4) is 5.75 Å². The molecule has 0 aliphatic rings. The standard InChI is InChI=1S/C30H40O5/c1-2-3-4-5-6-7-8-9-10-11-12-13-14-15-16-17-18-19-22-35-25-27(31)23-26-20-21-29(32)28(24-26)30(33)34/h3-4,6-7,9-10,12-13,15-16,20-21,24,32H,2,5,8,11,14,17-19,22-23,25H2,1H3,(H,33,34)/b4-3-,7-6-,10-9-,13-12-,16-15-. The molecule has 0 spiro atoms. The Hall–Kier alpha value is -3.18. The van der Waals surface area contributed by atoms with E-state index in [0.29, 0.717) is 12.2 Å². The maximum atomic E-state index is 12.0. The van der Waals surface area contributed by atoms with Crippen molar-refractivity contribution in [2.45, 2.75) is 64.7 Å². The quantitative estimate of drug-likeness (QED) is 0.162. The molecule has 0 aliphatic heterocycles. The van der Waals surface area contributed by atoms with Gasteiger partial charge in [0.2, 0.25) is 0 Å². The lowest BCUT2D eigenvalue weighted by Crippen LogP contribution is -2.12. The molecule has 5 heteroatoms. The van der Waals surface area contributed by atoms with Crippen molar-refractivity contribution in [1.29, 1.82) is 0 Å². The first-order valence-electron chi connectivity index (χ1n) is 12.4. The van der Waals surface area contributed by atoms with Crippen LogP contribution in [0.1, 0.15) is 74.2 Å². The van der Waals surface area contributed by atoms with Gasteiger partial charge in [0.1, 0.15) is 17.9 Å². The molecule has 190 valence electrons. The number of unbranched alkanes of at least 4 members (excludes halogenated alkanes) is 2. The summed E-state index contributed by atoms with van der Waals surface area (Å²) < 4.78 is 5.43. The minimum absolute atomic E-state index is 0.00491. The van der Waals surface area contributed by atoms with E-state index in [1.54, 1.807) is 6.07 Å². The van der Waals surface area contributed by atoms with Crippen LogP contribution < -0.4 is 0 Å². The lowest BCUT2D eigenvalue weighted by atomic mass is 10.1. The van der Waals surface area contributed by atoms with Gasteiger partial charge < -0.3 is 14.9 Å². The highest BCUT2D eigenvalue weighted by Crippen LogP contribution is 2.19. The second kappa shape index (κ2) is 20.2. The molecule has 0 amide bonds. The molecule has 1 aromatic rings. The van der Waals surface area contributed by atoms with Crippen LogP contribution in [-0.4, -0.2) is 35.2 Å². The summed E-state index contributed by atoms with van der Waals surface area (Å²) in [5.41, 5.74) is 0.346. The van der Waals surface area contributed by atoms with Crippen molar-refractivity contribution < 1.29 is 24.5 Å². The Morgan fingerprint density at radius 1 is 0.829 bits per heavy atom. The number of aromatic hydroxyl groups is 1. The third-order valence-corrected chi connectivity index (χ3v) is 5.02. The van der Waals surface area contributed by atoms with Crippen molar-refractivity contribution in [2.75, 3.05) is 13.2 Å². The highest BCUT2D eigenvalue weighted by atomic mass is 16.5. The number of carbonyl (C=O) groups is 2. The molecule has 0 saturated carbocycles. The van der Waals surface area contributed by atoms with Gasteiger partial charge in [0.15, 0.2) is 5.78 Å². The molecule has 0 radical (unpaired) electrons. The van der Waals surface area contributed by atoms with E-state index in [1.165, 1.54) is 12.1 Å². The molecule has 1 aromatic carbocycles. The molecule has 0 heterocycles. The number of hydrogen-bond donors (Lipinski definition) is 2. The Kier molecular flexibility index (Phi) is 17.2. The summed E-state index contributed by atoms with van der Waals surface area (Å²) in [6, 6.07) is 4.16. The first-order valence-corrected chi connectivity index (χ1v) is 12.4.